The van der Waals surface area contributed by atoms with Crippen LogP contribution in [0.3, 0.4) is 0 Å². The third kappa shape index (κ3) is 2.30. The zero-order valence-electron chi connectivity index (χ0n) is 11.2. The lowest BCUT2D eigenvalue weighted by molar-refractivity contribution is 0.0420. The van der Waals surface area contributed by atoms with Crippen molar-refractivity contribution in [2.45, 2.75) is 19.4 Å². The van der Waals surface area contributed by atoms with Gasteiger partial charge in [0.05, 0.1) is 11.9 Å². The van der Waals surface area contributed by atoms with Crippen molar-refractivity contribution < 1.29 is 14.1 Å². The largest absolute Gasteiger partial charge is 0.438 e. The van der Waals surface area contributed by atoms with Crippen LogP contribution < -0.4 is 5.32 Å². The Labute approximate surface area is 116 Å². The molecule has 0 spiro atoms. The third-order valence-electron chi connectivity index (χ3n) is 3.17. The number of hydrogen-bond donors (Lipinski definition) is 1. The van der Waals surface area contributed by atoms with Gasteiger partial charge in [-0.05, 0) is 37.6 Å². The number of carbonyl (C=O) groups is 1. The minimum atomic E-state index is -0.645. The van der Waals surface area contributed by atoms with Crippen molar-refractivity contribution >= 4 is 23.9 Å². The molecule has 5 heteroatoms. The number of anilines is 1. The van der Waals surface area contributed by atoms with Gasteiger partial charge in [0.1, 0.15) is 5.60 Å². The fraction of sp³-hybridized carbons (Fsp3) is 0.200. The molecular weight excluding hydrogens is 256 g/mol. The number of ether oxygens (including phenoxy) is 1. The second kappa shape index (κ2) is 4.52. The Bertz CT molecular complexity index is 672. The number of benzene rings is 1. The number of amides is 1. The summed E-state index contributed by atoms with van der Waals surface area (Å²) in [4.78, 5) is 11.4. The Kier molecular flexibility index (Phi) is 2.82. The summed E-state index contributed by atoms with van der Waals surface area (Å²) < 4.78 is 10.3. The summed E-state index contributed by atoms with van der Waals surface area (Å²) in [5.41, 5.74) is 2.07. The predicted octanol–water partition coefficient (Wildman–Crippen LogP) is 3.64. The SMILES string of the molecule is CC1(C)OC(=O)Nc2ccc(/C=C/c3ccno3)cc21. The molecule has 0 saturated carbocycles. The average Bonchev–Trinajstić information content (AvgIpc) is 2.89. The first-order valence-corrected chi connectivity index (χ1v) is 6.28. The van der Waals surface area contributed by atoms with Crippen LogP contribution in [0.15, 0.2) is 35.0 Å². The number of rotatable bonds is 2. The molecule has 1 N–H and O–H groups in total. The van der Waals surface area contributed by atoms with Crippen LogP contribution in [0, 0.1) is 0 Å². The van der Waals surface area contributed by atoms with Crippen LogP contribution in [0.4, 0.5) is 10.5 Å². The third-order valence-corrected chi connectivity index (χ3v) is 3.17. The van der Waals surface area contributed by atoms with Crippen molar-refractivity contribution in [2.24, 2.45) is 0 Å². The summed E-state index contributed by atoms with van der Waals surface area (Å²) in [7, 11) is 0. The van der Waals surface area contributed by atoms with Crippen molar-refractivity contribution in [3.05, 3.63) is 47.3 Å². The van der Waals surface area contributed by atoms with E-state index in [1.54, 1.807) is 12.3 Å². The Balaban J connectivity index is 1.95. The van der Waals surface area contributed by atoms with Crippen LogP contribution in [-0.4, -0.2) is 11.2 Å². The number of aromatic nitrogens is 1. The standard InChI is InChI=1S/C15H14N2O3/c1-15(2)12-9-10(3-5-11-7-8-16-20-11)4-6-13(12)17-14(18)19-15/h3-9H,1-2H3,(H,17,18)/b5-3+. The van der Waals surface area contributed by atoms with Gasteiger partial charge in [0.25, 0.3) is 0 Å². The van der Waals surface area contributed by atoms with E-state index in [1.165, 1.54) is 0 Å². The number of fused-ring (bicyclic) bond motifs is 1. The first-order valence-electron chi connectivity index (χ1n) is 6.28. The van der Waals surface area contributed by atoms with Gasteiger partial charge in [-0.15, -0.1) is 0 Å². The number of nitrogens with zero attached hydrogens (tertiary/aromatic N) is 1. The van der Waals surface area contributed by atoms with Crippen molar-refractivity contribution in [1.29, 1.82) is 0 Å². The van der Waals surface area contributed by atoms with Crippen LogP contribution in [0.5, 0.6) is 0 Å². The van der Waals surface area contributed by atoms with Crippen molar-refractivity contribution in [3.8, 4) is 0 Å². The van der Waals surface area contributed by atoms with E-state index in [2.05, 4.69) is 10.5 Å². The molecule has 1 aliphatic rings. The topological polar surface area (TPSA) is 64.4 Å². The summed E-state index contributed by atoms with van der Waals surface area (Å²) in [5.74, 6) is 0.687. The minimum absolute atomic E-state index is 0.424. The summed E-state index contributed by atoms with van der Waals surface area (Å²) >= 11 is 0. The molecular formula is C15H14N2O3. The highest BCUT2D eigenvalue weighted by atomic mass is 16.6. The Morgan fingerprint density at radius 1 is 1.25 bits per heavy atom. The van der Waals surface area contributed by atoms with Crippen LogP contribution in [0.25, 0.3) is 12.2 Å². The molecule has 20 heavy (non-hydrogen) atoms. The van der Waals surface area contributed by atoms with Gasteiger partial charge in [-0.2, -0.15) is 0 Å². The fourth-order valence-electron chi connectivity index (χ4n) is 2.18. The molecule has 0 fully saturated rings. The highest BCUT2D eigenvalue weighted by molar-refractivity contribution is 5.89. The van der Waals surface area contributed by atoms with E-state index in [1.807, 2.05) is 44.2 Å². The Morgan fingerprint density at radius 2 is 2.10 bits per heavy atom. The van der Waals surface area contributed by atoms with E-state index in [0.29, 0.717) is 5.76 Å². The molecule has 1 aromatic carbocycles. The normalized spacial score (nSPS) is 16.6. The summed E-state index contributed by atoms with van der Waals surface area (Å²) in [5, 5.41) is 6.34. The van der Waals surface area contributed by atoms with E-state index in [4.69, 9.17) is 9.26 Å². The molecule has 1 aromatic heterocycles. The molecule has 0 saturated heterocycles. The molecule has 0 unspecified atom stereocenters. The van der Waals surface area contributed by atoms with E-state index >= 15 is 0 Å². The molecule has 3 rings (SSSR count). The smallest absolute Gasteiger partial charge is 0.412 e. The van der Waals surface area contributed by atoms with Gasteiger partial charge in [-0.1, -0.05) is 17.3 Å². The quantitative estimate of drug-likeness (QED) is 0.904. The molecule has 0 aliphatic carbocycles. The number of hydrogen-bond acceptors (Lipinski definition) is 4. The van der Waals surface area contributed by atoms with Gasteiger partial charge < -0.3 is 9.26 Å². The van der Waals surface area contributed by atoms with Gasteiger partial charge >= 0.3 is 6.09 Å². The maximum atomic E-state index is 11.4. The number of cyclic esters (lactones) is 1. The zero-order chi connectivity index (χ0) is 14.2. The van der Waals surface area contributed by atoms with Crippen molar-refractivity contribution in [2.75, 3.05) is 5.32 Å². The monoisotopic (exact) mass is 270 g/mol. The van der Waals surface area contributed by atoms with Crippen LogP contribution in [0.1, 0.15) is 30.7 Å². The first-order chi connectivity index (χ1) is 9.54. The molecule has 1 amide bonds. The maximum Gasteiger partial charge on any atom is 0.412 e. The lowest BCUT2D eigenvalue weighted by Crippen LogP contribution is -2.34. The van der Waals surface area contributed by atoms with E-state index in [9.17, 15) is 4.79 Å². The molecule has 0 radical (unpaired) electrons. The molecule has 0 atom stereocenters. The van der Waals surface area contributed by atoms with Gasteiger partial charge in [0.2, 0.25) is 0 Å². The van der Waals surface area contributed by atoms with Crippen LogP contribution >= 0.6 is 0 Å². The first kappa shape index (κ1) is 12.5. The van der Waals surface area contributed by atoms with Gasteiger partial charge in [-0.3, -0.25) is 5.32 Å². The van der Waals surface area contributed by atoms with Crippen molar-refractivity contribution in [1.82, 2.24) is 5.16 Å². The summed E-state index contributed by atoms with van der Waals surface area (Å²) in [6.45, 7) is 3.74. The molecule has 2 heterocycles. The van der Waals surface area contributed by atoms with Crippen molar-refractivity contribution in [3.63, 3.8) is 0 Å². The minimum Gasteiger partial charge on any atom is -0.438 e. The number of carbonyl (C=O) groups excluding carboxylic acids is 1. The van der Waals surface area contributed by atoms with E-state index in [-0.39, 0.29) is 0 Å². The predicted molar refractivity (Wildman–Crippen MR) is 75.0 cm³/mol. The Morgan fingerprint density at radius 3 is 2.85 bits per heavy atom. The van der Waals surface area contributed by atoms with Gasteiger partial charge in [-0.25, -0.2) is 4.79 Å². The van der Waals surface area contributed by atoms with Gasteiger partial charge in [0.15, 0.2) is 5.76 Å². The second-order valence-corrected chi connectivity index (χ2v) is 5.08. The summed E-state index contributed by atoms with van der Waals surface area (Å²) in [6.07, 6.45) is 4.93. The zero-order valence-corrected chi connectivity index (χ0v) is 11.2. The lowest BCUT2D eigenvalue weighted by atomic mass is 9.93. The fourth-order valence-corrected chi connectivity index (χ4v) is 2.18. The lowest BCUT2D eigenvalue weighted by Gasteiger charge is -2.32. The average molecular weight is 270 g/mol. The maximum absolute atomic E-state index is 11.4. The van der Waals surface area contributed by atoms with Crippen LogP contribution in [-0.2, 0) is 10.3 Å². The van der Waals surface area contributed by atoms with Gasteiger partial charge in [0, 0.05) is 11.6 Å². The Hall–Kier alpha value is -2.56. The summed E-state index contributed by atoms with van der Waals surface area (Å²) in [6, 6.07) is 7.56. The molecule has 0 bridgehead atoms. The van der Waals surface area contributed by atoms with E-state index in [0.717, 1.165) is 16.8 Å². The molecule has 5 nitrogen and oxygen atoms in total. The van der Waals surface area contributed by atoms with Crippen LogP contribution in [0.2, 0.25) is 0 Å². The molecule has 102 valence electrons. The number of nitrogens with one attached hydrogen (secondary N) is 1. The highest BCUT2D eigenvalue weighted by Gasteiger charge is 2.33. The molecule has 1 aliphatic heterocycles. The second-order valence-electron chi connectivity index (χ2n) is 5.08. The highest BCUT2D eigenvalue weighted by Crippen LogP contribution is 2.36. The molecule has 2 aromatic rings. The van der Waals surface area contributed by atoms with E-state index < -0.39 is 11.7 Å².